The van der Waals surface area contributed by atoms with Crippen LogP contribution in [0, 0.1) is 4.78 Å². The van der Waals surface area contributed by atoms with Gasteiger partial charge in [0.15, 0.2) is 6.10 Å². The third kappa shape index (κ3) is 6.75. The lowest BCUT2D eigenvalue weighted by Crippen LogP contribution is -2.38. The fraction of sp³-hybridized carbons (Fsp3) is 0.188. The maximum atomic E-state index is 11.6. The van der Waals surface area contributed by atoms with Gasteiger partial charge in [0.25, 0.3) is 5.91 Å². The van der Waals surface area contributed by atoms with Gasteiger partial charge in [0.1, 0.15) is 5.75 Å². The molecule has 0 spiro atoms. The first-order valence-corrected chi connectivity index (χ1v) is 7.85. The standard InChI is InChI=1S/C16H17NO2.HNO2S/c1-12(13-8-4-2-5-9-13)15(16(17)18)19-14-10-6-3-7-11-14;1-4(2)3/h2-12,15H,1H3,(H2,17,18);1H. The van der Waals surface area contributed by atoms with E-state index in [9.17, 15) is 4.79 Å². The number of rotatable bonds is 5. The predicted molar refractivity (Wildman–Crippen MR) is 86.5 cm³/mol. The molecule has 2 unspecified atom stereocenters. The van der Waals surface area contributed by atoms with Crippen molar-refractivity contribution in [1.29, 1.82) is 4.78 Å². The van der Waals surface area contributed by atoms with Crippen LogP contribution in [0.15, 0.2) is 60.7 Å². The third-order valence-corrected chi connectivity index (χ3v) is 3.07. The van der Waals surface area contributed by atoms with Gasteiger partial charge in [-0.25, -0.2) is 0 Å². The Bertz CT molecular complexity index is 711. The summed E-state index contributed by atoms with van der Waals surface area (Å²) in [4.78, 5) is 11.6. The highest BCUT2D eigenvalue weighted by Gasteiger charge is 2.26. The minimum atomic E-state index is -2.61. The first-order chi connectivity index (χ1) is 10.9. The molecule has 0 aliphatic carbocycles. The molecule has 2 aromatic rings. The van der Waals surface area contributed by atoms with Crippen molar-refractivity contribution in [2.75, 3.05) is 0 Å². The molecule has 2 atom stereocenters. The minimum Gasteiger partial charge on any atom is -0.480 e. The number of amides is 1. The van der Waals surface area contributed by atoms with Crippen LogP contribution in [0.1, 0.15) is 18.4 Å². The van der Waals surface area contributed by atoms with E-state index in [1.807, 2.05) is 67.6 Å². The van der Waals surface area contributed by atoms with Gasteiger partial charge < -0.3 is 10.5 Å². The van der Waals surface area contributed by atoms with Crippen LogP contribution in [0.25, 0.3) is 0 Å². The fourth-order valence-electron chi connectivity index (χ4n) is 1.98. The number of nitrogens with two attached hydrogens (primary N) is 1. The van der Waals surface area contributed by atoms with E-state index in [0.717, 1.165) is 5.56 Å². The molecule has 0 fully saturated rings. The van der Waals surface area contributed by atoms with Crippen LogP contribution < -0.4 is 10.5 Å². The Morgan fingerprint density at radius 3 is 1.91 bits per heavy atom. The predicted octanol–water partition coefficient (Wildman–Crippen LogP) is 2.35. The van der Waals surface area contributed by atoms with Crippen molar-refractivity contribution in [2.24, 2.45) is 5.73 Å². The maximum Gasteiger partial charge on any atom is 0.308 e. The summed E-state index contributed by atoms with van der Waals surface area (Å²) in [7, 11) is -2.61. The van der Waals surface area contributed by atoms with E-state index in [-0.39, 0.29) is 5.92 Å². The Morgan fingerprint density at radius 1 is 1.04 bits per heavy atom. The highest BCUT2D eigenvalue weighted by atomic mass is 32.2. The zero-order valence-corrected chi connectivity index (χ0v) is 13.4. The van der Waals surface area contributed by atoms with Crippen molar-refractivity contribution in [2.45, 2.75) is 18.9 Å². The van der Waals surface area contributed by atoms with Crippen LogP contribution in [-0.2, 0) is 15.3 Å². The molecule has 0 aliphatic heterocycles. The molecule has 122 valence electrons. The first-order valence-electron chi connectivity index (χ1n) is 6.78. The fourth-order valence-corrected chi connectivity index (χ4v) is 1.98. The highest BCUT2D eigenvalue weighted by molar-refractivity contribution is 7.60. The summed E-state index contributed by atoms with van der Waals surface area (Å²) in [5.41, 5.74) is 6.49. The number of para-hydroxylation sites is 1. The average Bonchev–Trinajstić information content (AvgIpc) is 2.53. The van der Waals surface area contributed by atoms with Crippen molar-refractivity contribution in [3.05, 3.63) is 66.2 Å². The van der Waals surface area contributed by atoms with E-state index in [1.54, 1.807) is 0 Å². The van der Waals surface area contributed by atoms with E-state index in [2.05, 4.69) is 0 Å². The zero-order valence-electron chi connectivity index (χ0n) is 12.5. The maximum absolute atomic E-state index is 11.6. The molecule has 23 heavy (non-hydrogen) atoms. The molecule has 0 bridgehead atoms. The average molecular weight is 334 g/mol. The van der Waals surface area contributed by atoms with Gasteiger partial charge in [0.2, 0.25) is 0 Å². The summed E-state index contributed by atoms with van der Waals surface area (Å²) in [5.74, 6) is 0.0909. The summed E-state index contributed by atoms with van der Waals surface area (Å²) in [5, 5.41) is 0. The number of hydrogen-bond donors (Lipinski definition) is 2. The Balaban J connectivity index is 0.000000593. The van der Waals surface area contributed by atoms with Crippen molar-refractivity contribution < 1.29 is 17.9 Å². The van der Waals surface area contributed by atoms with Gasteiger partial charge in [-0.15, -0.1) is 0 Å². The van der Waals surface area contributed by atoms with Crippen LogP contribution in [0.5, 0.6) is 5.75 Å². The van der Waals surface area contributed by atoms with Crippen LogP contribution in [0.4, 0.5) is 0 Å². The molecule has 0 heterocycles. The number of nitrogens with one attached hydrogen (secondary N) is 1. The Kier molecular flexibility index (Phi) is 7.49. The van der Waals surface area contributed by atoms with Crippen LogP contribution in [0.2, 0.25) is 0 Å². The molecule has 1 amide bonds. The van der Waals surface area contributed by atoms with E-state index >= 15 is 0 Å². The van der Waals surface area contributed by atoms with Gasteiger partial charge in [0.05, 0.1) is 0 Å². The normalized spacial score (nSPS) is 12.2. The van der Waals surface area contributed by atoms with Gasteiger partial charge >= 0.3 is 10.5 Å². The van der Waals surface area contributed by atoms with Crippen molar-refractivity contribution in [3.8, 4) is 5.75 Å². The smallest absolute Gasteiger partial charge is 0.308 e. The highest BCUT2D eigenvalue weighted by Crippen LogP contribution is 2.23. The number of carbonyl (C=O) groups is 1. The molecule has 7 heteroatoms. The summed E-state index contributed by atoms with van der Waals surface area (Å²) >= 11 is 0. The number of primary amides is 1. The molecule has 0 aromatic heterocycles. The molecule has 0 saturated carbocycles. The van der Waals surface area contributed by atoms with Crippen molar-refractivity contribution in [1.82, 2.24) is 0 Å². The van der Waals surface area contributed by atoms with Crippen molar-refractivity contribution >= 4 is 16.4 Å². The summed E-state index contributed by atoms with van der Waals surface area (Å²) in [6, 6.07) is 19.0. The van der Waals surface area contributed by atoms with Crippen LogP contribution in [0.3, 0.4) is 0 Å². The van der Waals surface area contributed by atoms with E-state index < -0.39 is 22.5 Å². The molecule has 6 nitrogen and oxygen atoms in total. The molecule has 0 saturated heterocycles. The largest absolute Gasteiger partial charge is 0.480 e. The molecule has 2 aromatic carbocycles. The second-order valence-electron chi connectivity index (χ2n) is 4.69. The Morgan fingerprint density at radius 2 is 1.48 bits per heavy atom. The number of carbonyl (C=O) groups excluding carboxylic acids is 1. The van der Waals surface area contributed by atoms with Crippen LogP contribution >= 0.6 is 0 Å². The number of ether oxygens (including phenoxy) is 1. The third-order valence-electron chi connectivity index (χ3n) is 3.07. The van der Waals surface area contributed by atoms with E-state index in [0.29, 0.717) is 5.75 Å². The lowest BCUT2D eigenvalue weighted by Gasteiger charge is -2.22. The molecular formula is C16H18N2O4S. The summed E-state index contributed by atoms with van der Waals surface area (Å²) < 4.78 is 28.6. The number of hydrogen-bond acceptors (Lipinski definition) is 5. The molecule has 0 aliphatic rings. The second kappa shape index (κ2) is 9.37. The van der Waals surface area contributed by atoms with Gasteiger partial charge in [-0.1, -0.05) is 55.5 Å². The zero-order chi connectivity index (χ0) is 17.2. The molecular weight excluding hydrogens is 316 g/mol. The SMILES string of the molecule is CC(c1ccccc1)C(Oc1ccccc1)C(N)=O.N=S(=O)=O. The quantitative estimate of drug-likeness (QED) is 0.874. The Labute approximate surface area is 136 Å². The van der Waals surface area contributed by atoms with Gasteiger partial charge in [0, 0.05) is 5.92 Å². The number of benzene rings is 2. The van der Waals surface area contributed by atoms with Crippen molar-refractivity contribution in [3.63, 3.8) is 0 Å². The topological polar surface area (TPSA) is 110 Å². The van der Waals surface area contributed by atoms with Crippen LogP contribution in [-0.4, -0.2) is 20.4 Å². The summed E-state index contributed by atoms with van der Waals surface area (Å²) in [6.07, 6.45) is -0.676. The monoisotopic (exact) mass is 334 g/mol. The molecule has 0 radical (unpaired) electrons. The van der Waals surface area contributed by atoms with E-state index in [4.69, 9.17) is 23.7 Å². The summed E-state index contributed by atoms with van der Waals surface area (Å²) in [6.45, 7) is 1.94. The Hall–Kier alpha value is -2.67. The van der Waals surface area contributed by atoms with Gasteiger partial charge in [-0.2, -0.15) is 13.2 Å². The van der Waals surface area contributed by atoms with Gasteiger partial charge in [-0.05, 0) is 17.7 Å². The van der Waals surface area contributed by atoms with Gasteiger partial charge in [-0.3, -0.25) is 4.79 Å². The minimum absolute atomic E-state index is 0.0982. The lowest BCUT2D eigenvalue weighted by molar-refractivity contribution is -0.125. The lowest BCUT2D eigenvalue weighted by atomic mass is 9.95. The second-order valence-corrected chi connectivity index (χ2v) is 5.16. The van der Waals surface area contributed by atoms with E-state index in [1.165, 1.54) is 0 Å². The molecule has 2 rings (SSSR count). The first kappa shape index (κ1) is 18.4. The molecule has 3 N–H and O–H groups in total.